The van der Waals surface area contributed by atoms with Crippen LogP contribution in [0, 0.1) is 6.92 Å². The van der Waals surface area contributed by atoms with Crippen molar-refractivity contribution in [1.29, 1.82) is 0 Å². The molecule has 0 atom stereocenters. The third-order valence-electron chi connectivity index (χ3n) is 2.65. The van der Waals surface area contributed by atoms with Gasteiger partial charge < -0.3 is 4.74 Å². The molecule has 0 saturated carbocycles. The Morgan fingerprint density at radius 2 is 2.28 bits per heavy atom. The molecule has 1 aromatic heterocycles. The number of methoxy groups -OCH3 is 1. The van der Waals surface area contributed by atoms with Gasteiger partial charge in [-0.1, -0.05) is 22.9 Å². The zero-order chi connectivity index (χ0) is 13.1. The maximum Gasteiger partial charge on any atom is 0.172 e. The van der Waals surface area contributed by atoms with Crippen molar-refractivity contribution in [1.82, 2.24) is 15.0 Å². The van der Waals surface area contributed by atoms with Crippen LogP contribution in [0.15, 0.2) is 18.2 Å². The highest BCUT2D eigenvalue weighted by molar-refractivity contribution is 6.31. The van der Waals surface area contributed by atoms with E-state index in [1.54, 1.807) is 17.9 Å². The molecular weight excluding hydrogens is 254 g/mol. The Labute approximate surface area is 109 Å². The van der Waals surface area contributed by atoms with E-state index >= 15 is 0 Å². The van der Waals surface area contributed by atoms with Crippen molar-refractivity contribution in [2.75, 3.05) is 7.11 Å². The van der Waals surface area contributed by atoms with Gasteiger partial charge in [-0.05, 0) is 24.6 Å². The van der Waals surface area contributed by atoms with Crippen molar-refractivity contribution >= 4 is 17.9 Å². The van der Waals surface area contributed by atoms with Gasteiger partial charge in [-0.2, -0.15) is 0 Å². The molecule has 0 fully saturated rings. The number of benzene rings is 1. The summed E-state index contributed by atoms with van der Waals surface area (Å²) in [5, 5.41) is 8.43. The van der Waals surface area contributed by atoms with Crippen LogP contribution in [0.4, 0.5) is 0 Å². The summed E-state index contributed by atoms with van der Waals surface area (Å²) >= 11 is 6.07. The van der Waals surface area contributed by atoms with E-state index in [1.165, 1.54) is 0 Å². The number of hydrogen-bond acceptors (Lipinski definition) is 4. The van der Waals surface area contributed by atoms with Gasteiger partial charge in [0.1, 0.15) is 5.69 Å². The second-order valence-electron chi connectivity index (χ2n) is 3.77. The van der Waals surface area contributed by atoms with Crippen LogP contribution in [0.1, 0.15) is 21.7 Å². The first-order chi connectivity index (χ1) is 8.69. The highest BCUT2D eigenvalue weighted by Crippen LogP contribution is 2.23. The number of carbonyl (C=O) groups is 1. The Morgan fingerprint density at radius 1 is 1.50 bits per heavy atom. The van der Waals surface area contributed by atoms with E-state index in [0.717, 1.165) is 11.3 Å². The highest BCUT2D eigenvalue weighted by atomic mass is 35.5. The molecule has 0 spiro atoms. The molecule has 2 rings (SSSR count). The van der Waals surface area contributed by atoms with Crippen LogP contribution in [-0.2, 0) is 11.3 Å². The molecule has 0 unspecified atom stereocenters. The lowest BCUT2D eigenvalue weighted by Crippen LogP contribution is -2.06. The van der Waals surface area contributed by atoms with Gasteiger partial charge in [-0.3, -0.25) is 4.79 Å². The predicted molar refractivity (Wildman–Crippen MR) is 67.2 cm³/mol. The van der Waals surface area contributed by atoms with Gasteiger partial charge in [0.15, 0.2) is 12.0 Å². The zero-order valence-corrected chi connectivity index (χ0v) is 10.8. The first-order valence-corrected chi connectivity index (χ1v) is 5.71. The molecule has 0 bridgehead atoms. The number of nitrogens with zero attached hydrogens (tertiary/aromatic N) is 3. The minimum absolute atomic E-state index is 0.257. The fourth-order valence-corrected chi connectivity index (χ4v) is 1.87. The zero-order valence-electron chi connectivity index (χ0n) is 10.1. The molecule has 0 aliphatic carbocycles. The van der Waals surface area contributed by atoms with E-state index in [-0.39, 0.29) is 12.3 Å². The Balaban J connectivity index is 2.60. The number of halogens is 1. The summed E-state index contributed by atoms with van der Waals surface area (Å²) in [7, 11) is 1.55. The third-order valence-corrected chi connectivity index (χ3v) is 3.06. The molecular formula is C12H12ClN3O2. The van der Waals surface area contributed by atoms with E-state index in [2.05, 4.69) is 10.3 Å². The molecule has 5 nitrogen and oxygen atoms in total. The molecule has 0 saturated heterocycles. The summed E-state index contributed by atoms with van der Waals surface area (Å²) < 4.78 is 6.65. The Hall–Kier alpha value is -1.72. The second kappa shape index (κ2) is 5.29. The van der Waals surface area contributed by atoms with Crippen LogP contribution >= 0.6 is 11.6 Å². The standard InChI is InChI=1S/C12H12ClN3O2/c1-8-9(13)4-3-5-11(8)16-12(7-18-2)10(6-17)14-15-16/h3-6H,7H2,1-2H3. The lowest BCUT2D eigenvalue weighted by atomic mass is 10.2. The number of aldehydes is 1. The number of rotatable bonds is 4. The Kier molecular flexibility index (Phi) is 3.74. The largest absolute Gasteiger partial charge is 0.378 e. The van der Waals surface area contributed by atoms with E-state index in [1.807, 2.05) is 19.1 Å². The van der Waals surface area contributed by atoms with Gasteiger partial charge in [-0.15, -0.1) is 5.10 Å². The lowest BCUT2D eigenvalue weighted by molar-refractivity contribution is 0.111. The summed E-state index contributed by atoms with van der Waals surface area (Å²) in [6.45, 7) is 2.14. The normalized spacial score (nSPS) is 10.6. The quantitative estimate of drug-likeness (QED) is 0.795. The monoisotopic (exact) mass is 265 g/mol. The van der Waals surface area contributed by atoms with Crippen LogP contribution < -0.4 is 0 Å². The van der Waals surface area contributed by atoms with Crippen molar-refractivity contribution in [2.45, 2.75) is 13.5 Å². The van der Waals surface area contributed by atoms with E-state index < -0.39 is 0 Å². The molecule has 0 N–H and O–H groups in total. The van der Waals surface area contributed by atoms with Gasteiger partial charge >= 0.3 is 0 Å². The molecule has 1 heterocycles. The summed E-state index contributed by atoms with van der Waals surface area (Å²) in [6.07, 6.45) is 0.664. The topological polar surface area (TPSA) is 57.0 Å². The number of ether oxygens (including phenoxy) is 1. The maximum absolute atomic E-state index is 10.9. The van der Waals surface area contributed by atoms with Gasteiger partial charge in [-0.25, -0.2) is 4.68 Å². The minimum Gasteiger partial charge on any atom is -0.378 e. The van der Waals surface area contributed by atoms with Crippen LogP contribution in [0.3, 0.4) is 0 Å². The molecule has 2 aromatic rings. The first-order valence-electron chi connectivity index (χ1n) is 5.33. The van der Waals surface area contributed by atoms with E-state index in [0.29, 0.717) is 17.0 Å². The summed E-state index contributed by atoms with van der Waals surface area (Å²) in [6, 6.07) is 5.49. The number of aromatic nitrogens is 3. The third kappa shape index (κ3) is 2.14. The SMILES string of the molecule is COCc1c(C=O)nnn1-c1cccc(Cl)c1C. The molecule has 6 heteroatoms. The molecule has 0 amide bonds. The minimum atomic E-state index is 0.257. The molecule has 18 heavy (non-hydrogen) atoms. The molecule has 94 valence electrons. The first kappa shape index (κ1) is 12.7. The van der Waals surface area contributed by atoms with Crippen molar-refractivity contribution in [3.05, 3.63) is 40.2 Å². The predicted octanol–water partition coefficient (Wildman–Crippen LogP) is 2.19. The summed E-state index contributed by atoms with van der Waals surface area (Å²) in [5.74, 6) is 0. The maximum atomic E-state index is 10.9. The molecule has 0 radical (unpaired) electrons. The Bertz CT molecular complexity index is 581. The summed E-state index contributed by atoms with van der Waals surface area (Å²) in [5.41, 5.74) is 2.54. The summed E-state index contributed by atoms with van der Waals surface area (Å²) in [4.78, 5) is 10.9. The van der Waals surface area contributed by atoms with Crippen LogP contribution in [0.25, 0.3) is 5.69 Å². The molecule has 1 aromatic carbocycles. The number of hydrogen-bond donors (Lipinski definition) is 0. The van der Waals surface area contributed by atoms with E-state index in [9.17, 15) is 4.79 Å². The van der Waals surface area contributed by atoms with Crippen LogP contribution in [-0.4, -0.2) is 28.4 Å². The van der Waals surface area contributed by atoms with Crippen molar-refractivity contribution < 1.29 is 9.53 Å². The van der Waals surface area contributed by atoms with Gasteiger partial charge in [0.2, 0.25) is 0 Å². The smallest absolute Gasteiger partial charge is 0.172 e. The van der Waals surface area contributed by atoms with E-state index in [4.69, 9.17) is 16.3 Å². The second-order valence-corrected chi connectivity index (χ2v) is 4.18. The average Bonchev–Trinajstić information content (AvgIpc) is 2.76. The van der Waals surface area contributed by atoms with Crippen molar-refractivity contribution in [2.24, 2.45) is 0 Å². The van der Waals surface area contributed by atoms with Gasteiger partial charge in [0.05, 0.1) is 12.3 Å². The van der Waals surface area contributed by atoms with Crippen LogP contribution in [0.5, 0.6) is 0 Å². The van der Waals surface area contributed by atoms with Crippen molar-refractivity contribution in [3.63, 3.8) is 0 Å². The highest BCUT2D eigenvalue weighted by Gasteiger charge is 2.15. The lowest BCUT2D eigenvalue weighted by Gasteiger charge is -2.09. The Morgan fingerprint density at radius 3 is 2.94 bits per heavy atom. The van der Waals surface area contributed by atoms with Crippen molar-refractivity contribution in [3.8, 4) is 5.69 Å². The fourth-order valence-electron chi connectivity index (χ4n) is 1.70. The van der Waals surface area contributed by atoms with Gasteiger partial charge in [0.25, 0.3) is 0 Å². The number of carbonyl (C=O) groups excluding carboxylic acids is 1. The average molecular weight is 266 g/mol. The van der Waals surface area contributed by atoms with Crippen LogP contribution in [0.2, 0.25) is 5.02 Å². The van der Waals surface area contributed by atoms with Gasteiger partial charge in [0, 0.05) is 12.1 Å². The fraction of sp³-hybridized carbons (Fsp3) is 0.250. The molecule has 0 aliphatic rings. The molecule has 0 aliphatic heterocycles.